The number of carboxylic acids is 1. The minimum absolute atomic E-state index is 0.659. The van der Waals surface area contributed by atoms with Crippen LogP contribution in [0.25, 0.3) is 0 Å². The van der Waals surface area contributed by atoms with E-state index in [1.807, 2.05) is 5.32 Å². The smallest absolute Gasteiger partial charge is 0.397 e. The molecule has 0 heterocycles. The number of rotatable bonds is 5. The zero-order chi connectivity index (χ0) is 12.8. The van der Waals surface area contributed by atoms with Crippen LogP contribution in [0.3, 0.4) is 0 Å². The summed E-state index contributed by atoms with van der Waals surface area (Å²) >= 11 is 0. The molecule has 92 valence electrons. The Bertz CT molecular complexity index is 290. The highest BCUT2D eigenvalue weighted by atomic mass is 19.4. The minimum atomic E-state index is -4.64. The Labute approximate surface area is 87.8 Å². The highest BCUT2D eigenvalue weighted by Gasteiger charge is 2.31. The van der Waals surface area contributed by atoms with Crippen molar-refractivity contribution in [3.63, 3.8) is 0 Å². The number of hydrogen-bond acceptors (Lipinski definition) is 3. The van der Waals surface area contributed by atoms with Gasteiger partial charge in [0.15, 0.2) is 0 Å². The minimum Gasteiger partial charge on any atom is -0.480 e. The van der Waals surface area contributed by atoms with Gasteiger partial charge in [0.25, 0.3) is 0 Å². The van der Waals surface area contributed by atoms with E-state index in [-0.39, 0.29) is 0 Å². The molecule has 0 unspecified atom stereocenters. The van der Waals surface area contributed by atoms with Crippen LogP contribution in [0.4, 0.5) is 13.2 Å². The second kappa shape index (κ2) is 5.93. The third kappa shape index (κ3) is 8.78. The Morgan fingerprint density at radius 2 is 1.50 bits per heavy atom. The number of halogens is 3. The third-order valence-corrected chi connectivity index (χ3v) is 1.24. The number of hydrogen-bond donors (Lipinski definition) is 3. The number of nitrogens with one attached hydrogen (secondary N) is 2. The van der Waals surface area contributed by atoms with Gasteiger partial charge < -0.3 is 15.7 Å². The second-order valence-corrected chi connectivity index (χ2v) is 2.74. The monoisotopic (exact) mass is 242 g/mol. The summed E-state index contributed by atoms with van der Waals surface area (Å²) in [6, 6.07) is 0. The van der Waals surface area contributed by atoms with Gasteiger partial charge in [-0.05, 0) is 0 Å². The van der Waals surface area contributed by atoms with E-state index in [1.54, 1.807) is 5.32 Å². The molecule has 0 aromatic carbocycles. The molecule has 0 fully saturated rings. The Morgan fingerprint density at radius 3 is 1.94 bits per heavy atom. The number of carbonyl (C=O) groups excluding carboxylic acids is 2. The van der Waals surface area contributed by atoms with Crippen molar-refractivity contribution < 1.29 is 32.7 Å². The molecule has 0 aliphatic rings. The fourth-order valence-electron chi connectivity index (χ4n) is 0.660. The lowest BCUT2D eigenvalue weighted by Crippen LogP contribution is -2.40. The molecule has 2 amide bonds. The van der Waals surface area contributed by atoms with E-state index in [9.17, 15) is 27.6 Å². The maximum absolute atomic E-state index is 11.6. The fourth-order valence-corrected chi connectivity index (χ4v) is 0.660. The highest BCUT2D eigenvalue weighted by Crippen LogP contribution is 2.18. The van der Waals surface area contributed by atoms with Crippen LogP contribution in [0.1, 0.15) is 6.42 Å². The molecule has 0 bridgehead atoms. The van der Waals surface area contributed by atoms with Gasteiger partial charge >= 0.3 is 12.1 Å². The Hall–Kier alpha value is -1.80. The van der Waals surface area contributed by atoms with Crippen LogP contribution in [0.5, 0.6) is 0 Å². The summed E-state index contributed by atoms with van der Waals surface area (Å²) in [7, 11) is 0. The third-order valence-electron chi connectivity index (χ3n) is 1.24. The van der Waals surface area contributed by atoms with E-state index in [0.29, 0.717) is 0 Å². The van der Waals surface area contributed by atoms with Crippen LogP contribution in [0.15, 0.2) is 0 Å². The molecule has 0 aromatic rings. The Kier molecular flexibility index (Phi) is 5.26. The van der Waals surface area contributed by atoms with Crippen molar-refractivity contribution in [3.05, 3.63) is 0 Å². The van der Waals surface area contributed by atoms with E-state index in [1.165, 1.54) is 0 Å². The Balaban J connectivity index is 3.76. The molecule has 9 heteroatoms. The molecule has 6 nitrogen and oxygen atoms in total. The van der Waals surface area contributed by atoms with Gasteiger partial charge in [0, 0.05) is 0 Å². The van der Waals surface area contributed by atoms with E-state index < -0.39 is 43.5 Å². The fraction of sp³-hybridized carbons (Fsp3) is 0.571. The van der Waals surface area contributed by atoms with Crippen molar-refractivity contribution >= 4 is 17.8 Å². The first-order valence-corrected chi connectivity index (χ1v) is 4.02. The number of carbonyl (C=O) groups is 3. The van der Waals surface area contributed by atoms with Gasteiger partial charge in [-0.1, -0.05) is 0 Å². The number of aliphatic carboxylic acids is 1. The largest absolute Gasteiger partial charge is 0.480 e. The average molecular weight is 242 g/mol. The first kappa shape index (κ1) is 14.2. The molecule has 0 aromatic heterocycles. The van der Waals surface area contributed by atoms with Crippen molar-refractivity contribution in [2.75, 3.05) is 13.1 Å². The summed E-state index contributed by atoms with van der Waals surface area (Å²) in [6.07, 6.45) is -6.32. The van der Waals surface area contributed by atoms with Gasteiger partial charge in [0.1, 0.15) is 13.0 Å². The van der Waals surface area contributed by atoms with E-state index in [0.717, 1.165) is 0 Å². The second-order valence-electron chi connectivity index (χ2n) is 2.74. The zero-order valence-electron chi connectivity index (χ0n) is 7.93. The van der Waals surface area contributed by atoms with Crippen molar-refractivity contribution in [1.29, 1.82) is 0 Å². The van der Waals surface area contributed by atoms with Crippen molar-refractivity contribution in [3.8, 4) is 0 Å². The summed E-state index contributed by atoms with van der Waals surface area (Å²) in [5, 5.41) is 11.7. The van der Waals surface area contributed by atoms with Crippen LogP contribution in [0, 0.1) is 0 Å². The number of alkyl halides is 3. The molecule has 0 rings (SSSR count). The SMILES string of the molecule is O=C(O)CNC(=O)CNC(=O)CC(F)(F)F. The zero-order valence-corrected chi connectivity index (χ0v) is 7.93. The lowest BCUT2D eigenvalue weighted by atomic mass is 10.4. The summed E-state index contributed by atoms with van der Waals surface area (Å²) in [5.41, 5.74) is 0. The lowest BCUT2D eigenvalue weighted by Gasteiger charge is -2.07. The molecular formula is C7H9F3N2O4. The topological polar surface area (TPSA) is 95.5 Å². The van der Waals surface area contributed by atoms with Crippen LogP contribution >= 0.6 is 0 Å². The van der Waals surface area contributed by atoms with Gasteiger partial charge in [-0.2, -0.15) is 13.2 Å². The molecule has 16 heavy (non-hydrogen) atoms. The predicted octanol–water partition coefficient (Wildman–Crippen LogP) is -0.744. The maximum atomic E-state index is 11.6. The normalized spacial score (nSPS) is 10.7. The highest BCUT2D eigenvalue weighted by molar-refractivity contribution is 5.86. The van der Waals surface area contributed by atoms with Gasteiger partial charge in [-0.25, -0.2) is 0 Å². The quantitative estimate of drug-likeness (QED) is 0.591. The van der Waals surface area contributed by atoms with E-state index in [2.05, 4.69) is 0 Å². The molecule has 3 N–H and O–H groups in total. The molecule has 0 spiro atoms. The first-order valence-electron chi connectivity index (χ1n) is 4.02. The van der Waals surface area contributed by atoms with Crippen LogP contribution < -0.4 is 10.6 Å². The molecule has 0 saturated heterocycles. The van der Waals surface area contributed by atoms with Crippen LogP contribution in [-0.2, 0) is 14.4 Å². The van der Waals surface area contributed by atoms with Crippen molar-refractivity contribution in [2.24, 2.45) is 0 Å². The van der Waals surface area contributed by atoms with E-state index in [4.69, 9.17) is 5.11 Å². The van der Waals surface area contributed by atoms with Crippen molar-refractivity contribution in [1.82, 2.24) is 10.6 Å². The van der Waals surface area contributed by atoms with Gasteiger partial charge in [0.05, 0.1) is 6.54 Å². The van der Waals surface area contributed by atoms with Crippen LogP contribution in [-0.4, -0.2) is 42.2 Å². The molecule has 0 atom stereocenters. The molecule has 0 aliphatic heterocycles. The van der Waals surface area contributed by atoms with Crippen molar-refractivity contribution in [2.45, 2.75) is 12.6 Å². The molecular weight excluding hydrogens is 233 g/mol. The standard InChI is InChI=1S/C7H9F3N2O4/c8-7(9,10)1-4(13)11-2-5(14)12-3-6(15)16/h1-3H2,(H,11,13)(H,12,14)(H,15,16). The summed E-state index contributed by atoms with van der Waals surface area (Å²) < 4.78 is 34.9. The molecule has 0 radical (unpaired) electrons. The average Bonchev–Trinajstić information content (AvgIpc) is 2.08. The number of carboxylic acid groups (broad SMARTS) is 1. The van der Waals surface area contributed by atoms with Gasteiger partial charge in [-0.15, -0.1) is 0 Å². The molecule has 0 saturated carbocycles. The lowest BCUT2D eigenvalue weighted by molar-refractivity contribution is -0.154. The maximum Gasteiger partial charge on any atom is 0.397 e. The Morgan fingerprint density at radius 1 is 1.00 bits per heavy atom. The van der Waals surface area contributed by atoms with E-state index >= 15 is 0 Å². The number of amides is 2. The summed E-state index contributed by atoms with van der Waals surface area (Å²) in [5.74, 6) is -3.52. The predicted molar refractivity (Wildman–Crippen MR) is 44.3 cm³/mol. The van der Waals surface area contributed by atoms with Gasteiger partial charge in [-0.3, -0.25) is 14.4 Å². The summed E-state index contributed by atoms with van der Waals surface area (Å²) in [6.45, 7) is -1.35. The molecule has 0 aliphatic carbocycles. The van der Waals surface area contributed by atoms with Crippen LogP contribution in [0.2, 0.25) is 0 Å². The first-order chi connectivity index (χ1) is 7.20. The van der Waals surface area contributed by atoms with Gasteiger partial charge in [0.2, 0.25) is 11.8 Å². The summed E-state index contributed by atoms with van der Waals surface area (Å²) in [4.78, 5) is 31.3.